The van der Waals surface area contributed by atoms with Gasteiger partial charge in [-0.2, -0.15) is 0 Å². The van der Waals surface area contributed by atoms with E-state index >= 15 is 0 Å². The molecule has 1 N–H and O–H groups in total. The SMILES string of the molecule is COC(=O)C1SC(C)(c2cc(Cl)cc(Cl)c2)CC1(O)c1ccc(C(=O)OC(C)(C)C)c(C)c1. The van der Waals surface area contributed by atoms with Crippen molar-refractivity contribution in [2.24, 2.45) is 0 Å². The van der Waals surface area contributed by atoms with Crippen molar-refractivity contribution in [1.29, 1.82) is 0 Å². The summed E-state index contributed by atoms with van der Waals surface area (Å²) in [4.78, 5) is 25.3. The normalized spacial score (nSPS) is 25.1. The fourth-order valence-electron chi connectivity index (χ4n) is 4.13. The molecular formula is C25H28Cl2O5S. The zero-order chi connectivity index (χ0) is 24.8. The Kier molecular flexibility index (Phi) is 7.17. The molecule has 1 aliphatic heterocycles. The molecule has 178 valence electrons. The lowest BCUT2D eigenvalue weighted by atomic mass is 9.79. The second-order valence-electron chi connectivity index (χ2n) is 9.54. The molecule has 0 aliphatic carbocycles. The molecule has 0 bridgehead atoms. The fraction of sp³-hybridized carbons (Fsp3) is 0.440. The molecule has 3 atom stereocenters. The first kappa shape index (κ1) is 25.9. The lowest BCUT2D eigenvalue weighted by molar-refractivity contribution is -0.145. The van der Waals surface area contributed by atoms with E-state index in [1.165, 1.54) is 18.9 Å². The van der Waals surface area contributed by atoms with Gasteiger partial charge in [0.05, 0.1) is 12.7 Å². The molecule has 0 spiro atoms. The molecule has 8 heteroatoms. The van der Waals surface area contributed by atoms with Crippen LogP contribution in [0.5, 0.6) is 0 Å². The zero-order valence-electron chi connectivity index (χ0n) is 19.5. The van der Waals surface area contributed by atoms with Crippen LogP contribution in [0.3, 0.4) is 0 Å². The van der Waals surface area contributed by atoms with Gasteiger partial charge in [-0.3, -0.25) is 4.79 Å². The van der Waals surface area contributed by atoms with Crippen LogP contribution >= 0.6 is 35.0 Å². The third kappa shape index (κ3) is 5.35. The van der Waals surface area contributed by atoms with Crippen molar-refractivity contribution in [2.75, 3.05) is 7.11 Å². The van der Waals surface area contributed by atoms with E-state index in [0.29, 0.717) is 26.7 Å². The van der Waals surface area contributed by atoms with Crippen molar-refractivity contribution in [3.8, 4) is 0 Å². The summed E-state index contributed by atoms with van der Waals surface area (Å²) in [5, 5.41) is 12.0. The number of carbonyl (C=O) groups excluding carboxylic acids is 2. The first-order valence-electron chi connectivity index (χ1n) is 10.5. The van der Waals surface area contributed by atoms with Gasteiger partial charge in [0.2, 0.25) is 0 Å². The van der Waals surface area contributed by atoms with Gasteiger partial charge in [0.25, 0.3) is 0 Å². The number of halogens is 2. The maximum atomic E-state index is 12.7. The largest absolute Gasteiger partial charge is 0.468 e. The molecule has 33 heavy (non-hydrogen) atoms. The Bertz CT molecular complexity index is 1080. The summed E-state index contributed by atoms with van der Waals surface area (Å²) < 4.78 is 9.84. The van der Waals surface area contributed by atoms with E-state index < -0.39 is 33.1 Å². The Labute approximate surface area is 208 Å². The maximum Gasteiger partial charge on any atom is 0.338 e. The highest BCUT2D eigenvalue weighted by molar-refractivity contribution is 8.01. The summed E-state index contributed by atoms with van der Waals surface area (Å²) in [6.45, 7) is 9.12. The standard InChI is InChI=1S/C25H28Cl2O5S/c1-14-9-15(7-8-19(14)21(28)32-23(2,3)4)25(30)13-24(5,33-20(25)22(29)31-6)16-10-17(26)12-18(27)11-16/h7-12,20,30H,13H2,1-6H3. The van der Waals surface area contributed by atoms with Crippen molar-refractivity contribution < 1.29 is 24.2 Å². The highest BCUT2D eigenvalue weighted by Gasteiger charge is 2.57. The van der Waals surface area contributed by atoms with E-state index in [1.54, 1.807) is 64.1 Å². The van der Waals surface area contributed by atoms with Gasteiger partial charge in [-0.15, -0.1) is 11.8 Å². The van der Waals surface area contributed by atoms with Crippen molar-refractivity contribution in [3.63, 3.8) is 0 Å². The average Bonchev–Trinajstić information content (AvgIpc) is 2.98. The number of aryl methyl sites for hydroxylation is 1. The molecule has 0 aromatic heterocycles. The predicted octanol–water partition coefficient (Wildman–Crippen LogP) is 6.04. The summed E-state index contributed by atoms with van der Waals surface area (Å²) in [6.07, 6.45) is 0.215. The van der Waals surface area contributed by atoms with Crippen LogP contribution in [0.4, 0.5) is 0 Å². The van der Waals surface area contributed by atoms with Crippen molar-refractivity contribution >= 4 is 46.9 Å². The Morgan fingerprint density at radius 3 is 2.21 bits per heavy atom. The molecule has 3 unspecified atom stereocenters. The number of hydrogen-bond donors (Lipinski definition) is 1. The summed E-state index contributed by atoms with van der Waals surface area (Å²) in [5.74, 6) is -0.976. The molecule has 0 radical (unpaired) electrons. The third-order valence-electron chi connectivity index (χ3n) is 5.65. The third-order valence-corrected chi connectivity index (χ3v) is 7.81. The molecule has 0 amide bonds. The van der Waals surface area contributed by atoms with Crippen LogP contribution < -0.4 is 0 Å². The van der Waals surface area contributed by atoms with Crippen LogP contribution in [-0.2, 0) is 24.6 Å². The van der Waals surface area contributed by atoms with E-state index in [2.05, 4.69) is 0 Å². The Morgan fingerprint density at radius 2 is 1.70 bits per heavy atom. The second kappa shape index (κ2) is 9.14. The number of carbonyl (C=O) groups is 2. The monoisotopic (exact) mass is 510 g/mol. The molecular weight excluding hydrogens is 483 g/mol. The van der Waals surface area contributed by atoms with Gasteiger partial charge in [-0.25, -0.2) is 4.79 Å². The van der Waals surface area contributed by atoms with Gasteiger partial charge in [0.15, 0.2) is 0 Å². The van der Waals surface area contributed by atoms with Crippen molar-refractivity contribution in [1.82, 2.24) is 0 Å². The number of benzene rings is 2. The maximum absolute atomic E-state index is 12.7. The minimum atomic E-state index is -1.54. The van der Waals surface area contributed by atoms with Crippen molar-refractivity contribution in [2.45, 2.75) is 62.2 Å². The molecule has 2 aromatic rings. The number of ether oxygens (including phenoxy) is 2. The summed E-state index contributed by atoms with van der Waals surface area (Å²) in [5.41, 5.74) is 0.200. The van der Waals surface area contributed by atoms with E-state index in [-0.39, 0.29) is 6.42 Å². The fourth-order valence-corrected chi connectivity index (χ4v) is 6.34. The molecule has 1 heterocycles. The number of esters is 2. The summed E-state index contributed by atoms with van der Waals surface area (Å²) in [7, 11) is 1.30. The summed E-state index contributed by atoms with van der Waals surface area (Å²) in [6, 6.07) is 10.2. The van der Waals surface area contributed by atoms with Gasteiger partial charge in [0.1, 0.15) is 16.5 Å². The van der Waals surface area contributed by atoms with Crippen LogP contribution in [0.15, 0.2) is 36.4 Å². The number of hydrogen-bond acceptors (Lipinski definition) is 6. The first-order valence-corrected chi connectivity index (χ1v) is 12.1. The van der Waals surface area contributed by atoms with E-state index in [0.717, 1.165) is 5.56 Å². The molecule has 0 saturated carbocycles. The highest BCUT2D eigenvalue weighted by atomic mass is 35.5. The molecule has 5 nitrogen and oxygen atoms in total. The number of aliphatic hydroxyl groups is 1. The molecule has 1 saturated heterocycles. The van der Waals surface area contributed by atoms with Gasteiger partial charge in [0, 0.05) is 21.2 Å². The van der Waals surface area contributed by atoms with Gasteiger partial charge < -0.3 is 14.6 Å². The van der Waals surface area contributed by atoms with E-state index in [9.17, 15) is 14.7 Å². The zero-order valence-corrected chi connectivity index (χ0v) is 21.8. The van der Waals surface area contributed by atoms with Crippen LogP contribution in [0.2, 0.25) is 10.0 Å². The summed E-state index contributed by atoms with van der Waals surface area (Å²) >= 11 is 13.8. The number of methoxy groups -OCH3 is 1. The molecule has 1 aliphatic rings. The number of rotatable bonds is 4. The lowest BCUT2D eigenvalue weighted by Gasteiger charge is -2.30. The number of thioether (sulfide) groups is 1. The van der Waals surface area contributed by atoms with Gasteiger partial charge in [-0.1, -0.05) is 35.3 Å². The highest BCUT2D eigenvalue weighted by Crippen LogP contribution is 2.59. The smallest absolute Gasteiger partial charge is 0.338 e. The van der Waals surface area contributed by atoms with Crippen LogP contribution in [-0.4, -0.2) is 35.0 Å². The first-order chi connectivity index (χ1) is 15.2. The van der Waals surface area contributed by atoms with Crippen LogP contribution in [0, 0.1) is 6.92 Å². The van der Waals surface area contributed by atoms with E-state index in [1.807, 2.05) is 6.92 Å². The van der Waals surface area contributed by atoms with Crippen molar-refractivity contribution in [3.05, 3.63) is 68.7 Å². The topological polar surface area (TPSA) is 72.8 Å². The Hall–Kier alpha value is -1.73. The molecule has 3 rings (SSSR count). The van der Waals surface area contributed by atoms with E-state index in [4.69, 9.17) is 32.7 Å². The quantitative estimate of drug-likeness (QED) is 0.505. The van der Waals surface area contributed by atoms with Crippen LogP contribution in [0.1, 0.15) is 61.2 Å². The lowest BCUT2D eigenvalue weighted by Crippen LogP contribution is -2.39. The Balaban J connectivity index is 2.04. The predicted molar refractivity (Wildman–Crippen MR) is 132 cm³/mol. The minimum absolute atomic E-state index is 0.215. The van der Waals surface area contributed by atoms with Crippen LogP contribution in [0.25, 0.3) is 0 Å². The average molecular weight is 511 g/mol. The molecule has 2 aromatic carbocycles. The van der Waals surface area contributed by atoms with Gasteiger partial charge >= 0.3 is 11.9 Å². The second-order valence-corrected chi connectivity index (χ2v) is 12.0. The minimum Gasteiger partial charge on any atom is -0.468 e. The van der Waals surface area contributed by atoms with Gasteiger partial charge in [-0.05, 0) is 75.6 Å². The molecule has 1 fully saturated rings. The Morgan fingerprint density at radius 1 is 1.09 bits per heavy atom.